The lowest BCUT2D eigenvalue weighted by molar-refractivity contribution is 0.410. The van der Waals surface area contributed by atoms with Crippen LogP contribution in [0.15, 0.2) is 35.1 Å². The Bertz CT molecular complexity index is 659. The van der Waals surface area contributed by atoms with Gasteiger partial charge in [-0.05, 0) is 12.1 Å². The van der Waals surface area contributed by atoms with E-state index in [1.807, 2.05) is 0 Å². The van der Waals surface area contributed by atoms with Crippen LogP contribution in [-0.4, -0.2) is 14.7 Å². The Labute approximate surface area is 95.6 Å². The number of anilines is 1. The molecular weight excluding hydrogens is 223 g/mol. The molecule has 0 radical (unpaired) electrons. The maximum atomic E-state index is 13.5. The highest BCUT2D eigenvalue weighted by Crippen LogP contribution is 2.21. The van der Waals surface area contributed by atoms with Crippen molar-refractivity contribution in [1.29, 1.82) is 0 Å². The molecule has 2 heterocycles. The van der Waals surface area contributed by atoms with E-state index in [0.717, 1.165) is 0 Å². The van der Waals surface area contributed by atoms with E-state index in [0.29, 0.717) is 17.8 Å². The monoisotopic (exact) mass is 232 g/mol. The second kappa shape index (κ2) is 3.58. The van der Waals surface area contributed by atoms with Crippen molar-refractivity contribution >= 4 is 17.0 Å². The molecule has 17 heavy (non-hydrogen) atoms. The number of hydrogen-bond donors (Lipinski definition) is 1. The first-order valence-corrected chi connectivity index (χ1v) is 5.05. The summed E-state index contributed by atoms with van der Waals surface area (Å²) in [6, 6.07) is 6.47. The number of para-hydroxylation sites is 1. The van der Waals surface area contributed by atoms with Crippen molar-refractivity contribution in [3.05, 3.63) is 42.0 Å². The number of nitrogens with zero attached hydrogens (tertiary/aromatic N) is 3. The summed E-state index contributed by atoms with van der Waals surface area (Å²) in [7, 11) is 0. The maximum Gasteiger partial charge on any atom is 0.201 e. The van der Waals surface area contributed by atoms with E-state index in [-0.39, 0.29) is 17.3 Å². The molecule has 0 atom stereocenters. The molecule has 0 bridgehead atoms. The number of halogens is 1. The third kappa shape index (κ3) is 1.54. The summed E-state index contributed by atoms with van der Waals surface area (Å²) in [4.78, 5) is 4.00. The topological polar surface area (TPSA) is 69.9 Å². The molecular formula is C11H9FN4O. The summed E-state index contributed by atoms with van der Waals surface area (Å²) in [5, 5.41) is 3.79. The zero-order valence-electron chi connectivity index (χ0n) is 8.80. The van der Waals surface area contributed by atoms with Crippen molar-refractivity contribution in [2.45, 2.75) is 6.54 Å². The molecule has 1 aromatic carbocycles. The Morgan fingerprint density at radius 1 is 1.35 bits per heavy atom. The van der Waals surface area contributed by atoms with Crippen molar-refractivity contribution in [1.82, 2.24) is 14.7 Å². The minimum Gasteiger partial charge on any atom is -0.369 e. The van der Waals surface area contributed by atoms with Gasteiger partial charge in [0, 0.05) is 6.07 Å². The molecule has 0 aliphatic rings. The van der Waals surface area contributed by atoms with Gasteiger partial charge in [-0.1, -0.05) is 11.2 Å². The van der Waals surface area contributed by atoms with Gasteiger partial charge in [-0.25, -0.2) is 9.37 Å². The Morgan fingerprint density at radius 2 is 2.24 bits per heavy atom. The van der Waals surface area contributed by atoms with Crippen molar-refractivity contribution in [3.8, 4) is 0 Å². The molecule has 6 heteroatoms. The SMILES string of the molecule is Nc1nc2c(F)cccc2n1Cc1ccon1. The molecule has 0 aliphatic carbocycles. The summed E-state index contributed by atoms with van der Waals surface area (Å²) in [6.45, 7) is 0.405. The lowest BCUT2D eigenvalue weighted by Gasteiger charge is -2.02. The van der Waals surface area contributed by atoms with E-state index in [1.165, 1.54) is 12.3 Å². The van der Waals surface area contributed by atoms with E-state index in [4.69, 9.17) is 10.3 Å². The number of imidazole rings is 1. The van der Waals surface area contributed by atoms with Crippen LogP contribution >= 0.6 is 0 Å². The van der Waals surface area contributed by atoms with Crippen LogP contribution in [-0.2, 0) is 6.54 Å². The highest BCUT2D eigenvalue weighted by Gasteiger charge is 2.12. The maximum absolute atomic E-state index is 13.5. The third-order valence-corrected chi connectivity index (χ3v) is 2.57. The quantitative estimate of drug-likeness (QED) is 0.731. The Morgan fingerprint density at radius 3 is 3.00 bits per heavy atom. The van der Waals surface area contributed by atoms with E-state index in [2.05, 4.69) is 10.1 Å². The fourth-order valence-electron chi connectivity index (χ4n) is 1.78. The Kier molecular flexibility index (Phi) is 2.07. The van der Waals surface area contributed by atoms with Gasteiger partial charge in [0.05, 0.1) is 12.1 Å². The highest BCUT2D eigenvalue weighted by molar-refractivity contribution is 5.78. The van der Waals surface area contributed by atoms with Crippen LogP contribution in [0, 0.1) is 5.82 Å². The van der Waals surface area contributed by atoms with Gasteiger partial charge in [-0.2, -0.15) is 0 Å². The van der Waals surface area contributed by atoms with E-state index in [9.17, 15) is 4.39 Å². The van der Waals surface area contributed by atoms with Gasteiger partial charge in [0.25, 0.3) is 0 Å². The highest BCUT2D eigenvalue weighted by atomic mass is 19.1. The summed E-state index contributed by atoms with van der Waals surface area (Å²) in [5.74, 6) is -0.124. The molecule has 0 spiro atoms. The summed E-state index contributed by atoms with van der Waals surface area (Å²) < 4.78 is 19.9. The second-order valence-corrected chi connectivity index (χ2v) is 3.65. The lowest BCUT2D eigenvalue weighted by atomic mass is 10.3. The van der Waals surface area contributed by atoms with Gasteiger partial charge in [0.15, 0.2) is 5.82 Å². The number of benzene rings is 1. The number of nitrogens with two attached hydrogens (primary N) is 1. The van der Waals surface area contributed by atoms with Crippen LogP contribution in [0.1, 0.15) is 5.69 Å². The number of aromatic nitrogens is 3. The molecule has 0 saturated carbocycles. The summed E-state index contributed by atoms with van der Waals surface area (Å²) in [6.07, 6.45) is 1.48. The largest absolute Gasteiger partial charge is 0.369 e. The molecule has 2 N–H and O–H groups in total. The second-order valence-electron chi connectivity index (χ2n) is 3.65. The molecule has 0 amide bonds. The molecule has 0 saturated heterocycles. The molecule has 3 aromatic rings. The molecule has 3 rings (SSSR count). The van der Waals surface area contributed by atoms with E-state index >= 15 is 0 Å². The van der Waals surface area contributed by atoms with Gasteiger partial charge in [0.2, 0.25) is 5.95 Å². The zero-order valence-corrected chi connectivity index (χ0v) is 8.80. The average Bonchev–Trinajstić information content (AvgIpc) is 2.91. The average molecular weight is 232 g/mol. The molecule has 86 valence electrons. The van der Waals surface area contributed by atoms with Gasteiger partial charge in [0.1, 0.15) is 17.5 Å². The number of hydrogen-bond acceptors (Lipinski definition) is 4. The molecule has 0 unspecified atom stereocenters. The summed E-state index contributed by atoms with van der Waals surface area (Å²) >= 11 is 0. The molecule has 2 aromatic heterocycles. The Balaban J connectivity index is 2.16. The van der Waals surface area contributed by atoms with Crippen LogP contribution in [0.2, 0.25) is 0 Å². The first-order valence-electron chi connectivity index (χ1n) is 5.05. The van der Waals surface area contributed by atoms with Gasteiger partial charge in [-0.3, -0.25) is 0 Å². The number of rotatable bonds is 2. The number of nitrogen functional groups attached to an aromatic ring is 1. The van der Waals surface area contributed by atoms with Gasteiger partial charge < -0.3 is 14.8 Å². The van der Waals surface area contributed by atoms with Crippen LogP contribution in [0.4, 0.5) is 10.3 Å². The predicted octanol–water partition coefficient (Wildman–Crippen LogP) is 1.79. The van der Waals surface area contributed by atoms with Gasteiger partial charge >= 0.3 is 0 Å². The number of fused-ring (bicyclic) bond motifs is 1. The standard InChI is InChI=1S/C11H9FN4O/c12-8-2-1-3-9-10(8)14-11(13)16(9)6-7-4-5-17-15-7/h1-5H,6H2,(H2,13,14). The molecule has 5 nitrogen and oxygen atoms in total. The first kappa shape index (κ1) is 9.83. The normalized spacial score (nSPS) is 11.1. The van der Waals surface area contributed by atoms with Crippen molar-refractivity contribution in [2.75, 3.05) is 5.73 Å². The van der Waals surface area contributed by atoms with Crippen LogP contribution < -0.4 is 5.73 Å². The smallest absolute Gasteiger partial charge is 0.201 e. The minimum absolute atomic E-state index is 0.258. The Hall–Kier alpha value is -2.37. The lowest BCUT2D eigenvalue weighted by Crippen LogP contribution is -2.04. The minimum atomic E-state index is -0.381. The zero-order chi connectivity index (χ0) is 11.8. The fourth-order valence-corrected chi connectivity index (χ4v) is 1.78. The van der Waals surface area contributed by atoms with Gasteiger partial charge in [-0.15, -0.1) is 0 Å². The molecule has 0 fully saturated rings. The van der Waals surface area contributed by atoms with Crippen LogP contribution in [0.5, 0.6) is 0 Å². The van der Waals surface area contributed by atoms with Crippen LogP contribution in [0.3, 0.4) is 0 Å². The van der Waals surface area contributed by atoms with Crippen molar-refractivity contribution < 1.29 is 8.91 Å². The third-order valence-electron chi connectivity index (χ3n) is 2.57. The van der Waals surface area contributed by atoms with E-state index < -0.39 is 0 Å². The van der Waals surface area contributed by atoms with Crippen molar-refractivity contribution in [3.63, 3.8) is 0 Å². The predicted molar refractivity (Wildman–Crippen MR) is 59.7 cm³/mol. The first-order chi connectivity index (χ1) is 8.25. The van der Waals surface area contributed by atoms with Crippen molar-refractivity contribution in [2.24, 2.45) is 0 Å². The fraction of sp³-hybridized carbons (Fsp3) is 0.0909. The molecule has 0 aliphatic heterocycles. The summed E-state index contributed by atoms with van der Waals surface area (Å²) in [5.41, 5.74) is 7.39. The van der Waals surface area contributed by atoms with Crippen LogP contribution in [0.25, 0.3) is 11.0 Å². The van der Waals surface area contributed by atoms with E-state index in [1.54, 1.807) is 22.8 Å².